The van der Waals surface area contributed by atoms with Gasteiger partial charge in [0.25, 0.3) is 0 Å². The number of rotatable bonds is 9. The Labute approximate surface area is 130 Å². The number of para-hydroxylation sites is 1. The molecule has 0 amide bonds. The quantitative estimate of drug-likeness (QED) is 0.718. The first-order valence-corrected chi connectivity index (χ1v) is 8.13. The number of hydrogen-bond acceptors (Lipinski definition) is 4. The molecule has 0 spiro atoms. The van der Waals surface area contributed by atoms with Gasteiger partial charge in [-0.3, -0.25) is 0 Å². The van der Waals surface area contributed by atoms with Crippen molar-refractivity contribution < 1.29 is 9.47 Å². The van der Waals surface area contributed by atoms with Crippen molar-refractivity contribution in [3.05, 3.63) is 51.7 Å². The second-order valence-corrected chi connectivity index (χ2v) is 6.04. The number of thiophene rings is 1. The Hall–Kier alpha value is -1.36. The average Bonchev–Trinajstić information content (AvgIpc) is 2.98. The fourth-order valence-corrected chi connectivity index (χ4v) is 2.90. The molecule has 3 nitrogen and oxygen atoms in total. The van der Waals surface area contributed by atoms with Gasteiger partial charge in [-0.2, -0.15) is 0 Å². The second kappa shape index (κ2) is 8.82. The predicted octanol–water partition coefficient (Wildman–Crippen LogP) is 3.63. The monoisotopic (exact) mass is 305 g/mol. The molecule has 4 heteroatoms. The molecular formula is C17H23NO2S. The molecule has 21 heavy (non-hydrogen) atoms. The van der Waals surface area contributed by atoms with Crippen LogP contribution in [0.1, 0.15) is 22.2 Å². The zero-order chi connectivity index (χ0) is 14.9. The lowest BCUT2D eigenvalue weighted by Gasteiger charge is -2.11. The molecule has 0 bridgehead atoms. The molecule has 114 valence electrons. The Morgan fingerprint density at radius 1 is 1.10 bits per heavy atom. The minimum absolute atomic E-state index is 0.639. The van der Waals surface area contributed by atoms with Gasteiger partial charge in [-0.25, -0.2) is 0 Å². The number of nitrogens with one attached hydrogen (secondary N) is 1. The molecule has 2 rings (SSSR count). The molecule has 2 aromatic rings. The first-order valence-electron chi connectivity index (χ1n) is 7.31. The van der Waals surface area contributed by atoms with Crippen molar-refractivity contribution in [3.63, 3.8) is 0 Å². The highest BCUT2D eigenvalue weighted by atomic mass is 32.1. The molecule has 0 atom stereocenters. The number of hydrogen-bond donors (Lipinski definition) is 1. The van der Waals surface area contributed by atoms with Crippen molar-refractivity contribution in [3.8, 4) is 5.75 Å². The number of aryl methyl sites for hydroxylation is 1. The van der Waals surface area contributed by atoms with Crippen LogP contribution >= 0.6 is 11.3 Å². The summed E-state index contributed by atoms with van der Waals surface area (Å²) in [4.78, 5) is 2.68. The smallest absolute Gasteiger partial charge is 0.124 e. The van der Waals surface area contributed by atoms with Crippen molar-refractivity contribution in [1.29, 1.82) is 0 Å². The van der Waals surface area contributed by atoms with E-state index in [1.165, 1.54) is 15.3 Å². The van der Waals surface area contributed by atoms with E-state index in [2.05, 4.69) is 30.4 Å². The van der Waals surface area contributed by atoms with E-state index in [4.69, 9.17) is 9.47 Å². The summed E-state index contributed by atoms with van der Waals surface area (Å²) in [6.07, 6.45) is 1.09. The van der Waals surface area contributed by atoms with E-state index in [-0.39, 0.29) is 0 Å². The normalized spacial score (nSPS) is 10.8. The van der Waals surface area contributed by atoms with Crippen molar-refractivity contribution in [2.75, 3.05) is 20.3 Å². The largest absolute Gasteiger partial charge is 0.488 e. The molecule has 0 aliphatic carbocycles. The van der Waals surface area contributed by atoms with Crippen LogP contribution in [0.25, 0.3) is 0 Å². The number of methoxy groups -OCH3 is 1. The number of ether oxygens (including phenoxy) is 2. The molecule has 0 saturated carbocycles. The van der Waals surface area contributed by atoms with Gasteiger partial charge >= 0.3 is 0 Å². The predicted molar refractivity (Wildman–Crippen MR) is 88.1 cm³/mol. The molecule has 0 aliphatic heterocycles. The third kappa shape index (κ3) is 5.16. The zero-order valence-corrected chi connectivity index (χ0v) is 13.5. The maximum atomic E-state index is 5.98. The van der Waals surface area contributed by atoms with Crippen molar-refractivity contribution in [2.45, 2.75) is 26.5 Å². The minimum atomic E-state index is 0.639. The third-order valence-corrected chi connectivity index (χ3v) is 4.41. The van der Waals surface area contributed by atoms with Crippen LogP contribution in [0.4, 0.5) is 0 Å². The van der Waals surface area contributed by atoms with Crippen LogP contribution in [0.15, 0.2) is 36.4 Å². The van der Waals surface area contributed by atoms with Gasteiger partial charge in [0.2, 0.25) is 0 Å². The Balaban J connectivity index is 1.89. The van der Waals surface area contributed by atoms with Gasteiger partial charge in [0, 0.05) is 35.5 Å². The zero-order valence-electron chi connectivity index (χ0n) is 12.7. The fraction of sp³-hybridized carbons (Fsp3) is 0.412. The molecule has 1 aromatic carbocycles. The van der Waals surface area contributed by atoms with E-state index in [9.17, 15) is 0 Å². The van der Waals surface area contributed by atoms with E-state index in [1.807, 2.05) is 29.5 Å². The Bertz CT molecular complexity index is 539. The average molecular weight is 305 g/mol. The molecule has 1 heterocycles. The SMILES string of the molecule is CCc1ccc(COc2ccccc2CNCCOC)s1. The van der Waals surface area contributed by atoms with Gasteiger partial charge in [-0.05, 0) is 24.6 Å². The highest BCUT2D eigenvalue weighted by Gasteiger charge is 2.04. The third-order valence-electron chi connectivity index (χ3n) is 3.21. The fourth-order valence-electron chi connectivity index (χ4n) is 2.03. The van der Waals surface area contributed by atoms with Gasteiger partial charge in [0.05, 0.1) is 6.61 Å². The minimum Gasteiger partial charge on any atom is -0.488 e. The van der Waals surface area contributed by atoms with Crippen LogP contribution in [-0.4, -0.2) is 20.3 Å². The molecular weight excluding hydrogens is 282 g/mol. The molecule has 1 N–H and O–H groups in total. The van der Waals surface area contributed by atoms with Crippen molar-refractivity contribution >= 4 is 11.3 Å². The standard InChI is InChI=1S/C17H23NO2S/c1-3-15-8-9-16(21-15)13-20-17-7-5-4-6-14(17)12-18-10-11-19-2/h4-9,18H,3,10-13H2,1-2H3. The summed E-state index contributed by atoms with van der Waals surface area (Å²) in [5.74, 6) is 0.953. The Morgan fingerprint density at radius 2 is 1.90 bits per heavy atom. The maximum absolute atomic E-state index is 5.98. The Kier molecular flexibility index (Phi) is 6.73. The highest BCUT2D eigenvalue weighted by Crippen LogP contribution is 2.22. The van der Waals surface area contributed by atoms with E-state index in [0.29, 0.717) is 6.61 Å². The summed E-state index contributed by atoms with van der Waals surface area (Å²) < 4.78 is 11.0. The topological polar surface area (TPSA) is 30.5 Å². The van der Waals surface area contributed by atoms with Crippen LogP contribution < -0.4 is 10.1 Å². The summed E-state index contributed by atoms with van der Waals surface area (Å²) in [7, 11) is 1.71. The lowest BCUT2D eigenvalue weighted by Crippen LogP contribution is -2.19. The van der Waals surface area contributed by atoms with Gasteiger partial charge in [0.15, 0.2) is 0 Å². The molecule has 1 aromatic heterocycles. The lowest BCUT2D eigenvalue weighted by molar-refractivity contribution is 0.199. The van der Waals surface area contributed by atoms with Crippen LogP contribution in [0.5, 0.6) is 5.75 Å². The molecule has 0 saturated heterocycles. The van der Waals surface area contributed by atoms with Crippen molar-refractivity contribution in [2.24, 2.45) is 0 Å². The number of benzene rings is 1. The first-order chi connectivity index (χ1) is 10.3. The van der Waals surface area contributed by atoms with Crippen molar-refractivity contribution in [1.82, 2.24) is 5.32 Å². The lowest BCUT2D eigenvalue weighted by atomic mass is 10.2. The molecule has 0 aliphatic rings. The highest BCUT2D eigenvalue weighted by molar-refractivity contribution is 7.11. The van der Waals surface area contributed by atoms with Crippen LogP contribution in [0.3, 0.4) is 0 Å². The first kappa shape index (κ1) is 16.0. The van der Waals surface area contributed by atoms with E-state index in [0.717, 1.165) is 31.9 Å². The molecule has 0 fully saturated rings. The van der Waals surface area contributed by atoms with Gasteiger partial charge in [0.1, 0.15) is 12.4 Å². The Morgan fingerprint density at radius 3 is 2.67 bits per heavy atom. The van der Waals surface area contributed by atoms with Gasteiger partial charge in [-0.15, -0.1) is 11.3 Å². The summed E-state index contributed by atoms with van der Waals surface area (Å²) in [5.41, 5.74) is 1.18. The maximum Gasteiger partial charge on any atom is 0.124 e. The molecule has 0 unspecified atom stereocenters. The summed E-state index contributed by atoms with van der Waals surface area (Å²) in [6.45, 7) is 5.18. The van der Waals surface area contributed by atoms with Crippen LogP contribution in [0, 0.1) is 0 Å². The van der Waals surface area contributed by atoms with Crippen LogP contribution in [0.2, 0.25) is 0 Å². The van der Waals surface area contributed by atoms with E-state index in [1.54, 1.807) is 7.11 Å². The second-order valence-electron chi connectivity index (χ2n) is 4.79. The van der Waals surface area contributed by atoms with Gasteiger partial charge in [-0.1, -0.05) is 25.1 Å². The summed E-state index contributed by atoms with van der Waals surface area (Å²) in [5, 5.41) is 3.35. The van der Waals surface area contributed by atoms with E-state index >= 15 is 0 Å². The van der Waals surface area contributed by atoms with Gasteiger partial charge < -0.3 is 14.8 Å². The molecule has 0 radical (unpaired) electrons. The summed E-state index contributed by atoms with van der Waals surface area (Å²) in [6, 6.07) is 12.5. The van der Waals surface area contributed by atoms with E-state index < -0.39 is 0 Å². The summed E-state index contributed by atoms with van der Waals surface area (Å²) >= 11 is 1.83. The van der Waals surface area contributed by atoms with Crippen LogP contribution in [-0.2, 0) is 24.3 Å².